The highest BCUT2D eigenvalue weighted by Gasteiger charge is 2.21. The first-order valence-electron chi connectivity index (χ1n) is 5.97. The average Bonchev–Trinajstić information content (AvgIpc) is 2.81. The van der Waals surface area contributed by atoms with Crippen LogP contribution >= 0.6 is 38.9 Å². The fourth-order valence-electron chi connectivity index (χ4n) is 1.94. The van der Waals surface area contributed by atoms with E-state index < -0.39 is 0 Å². The van der Waals surface area contributed by atoms with Crippen molar-refractivity contribution in [2.24, 2.45) is 0 Å². The molecule has 1 N–H and O–H groups in total. The van der Waals surface area contributed by atoms with Crippen molar-refractivity contribution in [3.63, 3.8) is 0 Å². The molecule has 1 heterocycles. The maximum atomic E-state index is 14.3. The first-order chi connectivity index (χ1) is 9.04. The highest BCUT2D eigenvalue weighted by atomic mass is 79.9. The first-order valence-corrected chi connectivity index (χ1v) is 7.96. The number of hydrogen-bond acceptors (Lipinski definition) is 2. The molecule has 0 aliphatic rings. The molecule has 0 saturated heterocycles. The van der Waals surface area contributed by atoms with Gasteiger partial charge in [0.2, 0.25) is 0 Å². The van der Waals surface area contributed by atoms with Crippen LogP contribution in [-0.4, -0.2) is 6.54 Å². The summed E-state index contributed by atoms with van der Waals surface area (Å²) in [6.07, 6.45) is 0. The average molecular weight is 363 g/mol. The third-order valence-corrected chi connectivity index (χ3v) is 5.15. The zero-order valence-corrected chi connectivity index (χ0v) is 13.8. The van der Waals surface area contributed by atoms with Gasteiger partial charge in [0.1, 0.15) is 5.82 Å². The van der Waals surface area contributed by atoms with Gasteiger partial charge in [0, 0.05) is 19.8 Å². The van der Waals surface area contributed by atoms with E-state index in [0.717, 1.165) is 11.4 Å². The van der Waals surface area contributed by atoms with Crippen LogP contribution in [0, 0.1) is 12.7 Å². The Morgan fingerprint density at radius 1 is 1.37 bits per heavy atom. The normalized spacial score (nSPS) is 12.7. The highest BCUT2D eigenvalue weighted by molar-refractivity contribution is 9.10. The SMILES string of the molecule is CCNC(c1ccc(C)s1)c1ccc(Br)c(Cl)c1F. The first kappa shape index (κ1) is 15.0. The van der Waals surface area contributed by atoms with E-state index >= 15 is 0 Å². The summed E-state index contributed by atoms with van der Waals surface area (Å²) >= 11 is 10.9. The molecule has 2 rings (SSSR count). The van der Waals surface area contributed by atoms with Crippen molar-refractivity contribution >= 4 is 38.9 Å². The molecule has 0 bridgehead atoms. The summed E-state index contributed by atoms with van der Waals surface area (Å²) in [4.78, 5) is 2.30. The van der Waals surface area contributed by atoms with Gasteiger partial charge in [0.15, 0.2) is 0 Å². The minimum Gasteiger partial charge on any atom is -0.306 e. The molecule has 0 amide bonds. The van der Waals surface area contributed by atoms with Crippen molar-refractivity contribution in [3.8, 4) is 0 Å². The second kappa shape index (κ2) is 6.35. The number of rotatable bonds is 4. The molecule has 0 aliphatic carbocycles. The highest BCUT2D eigenvalue weighted by Crippen LogP contribution is 2.35. The summed E-state index contributed by atoms with van der Waals surface area (Å²) in [7, 11) is 0. The van der Waals surface area contributed by atoms with Crippen LogP contribution in [0.2, 0.25) is 5.02 Å². The molecule has 2 aromatic rings. The Hall–Kier alpha value is -0.420. The van der Waals surface area contributed by atoms with E-state index in [0.29, 0.717) is 10.0 Å². The molecule has 19 heavy (non-hydrogen) atoms. The fourth-order valence-corrected chi connectivity index (χ4v) is 3.39. The summed E-state index contributed by atoms with van der Waals surface area (Å²) in [6, 6.07) is 7.47. The minimum atomic E-state index is -0.368. The van der Waals surface area contributed by atoms with Crippen LogP contribution in [0.3, 0.4) is 0 Å². The number of nitrogens with one attached hydrogen (secondary N) is 1. The molecule has 0 fully saturated rings. The second-order valence-electron chi connectivity index (χ2n) is 4.20. The van der Waals surface area contributed by atoms with E-state index in [1.165, 1.54) is 4.88 Å². The Morgan fingerprint density at radius 3 is 2.68 bits per heavy atom. The smallest absolute Gasteiger partial charge is 0.148 e. The van der Waals surface area contributed by atoms with Crippen molar-refractivity contribution in [2.75, 3.05) is 6.54 Å². The second-order valence-corrected chi connectivity index (χ2v) is 6.76. The molecule has 1 nitrogen and oxygen atoms in total. The Kier molecular flexibility index (Phi) is 5.01. The molecular formula is C14H14BrClFNS. The number of halogens is 3. The predicted molar refractivity (Wildman–Crippen MR) is 83.7 cm³/mol. The molecule has 1 atom stereocenters. The molecule has 1 aromatic heterocycles. The zero-order valence-electron chi connectivity index (χ0n) is 10.6. The van der Waals surface area contributed by atoms with Crippen molar-refractivity contribution in [3.05, 3.63) is 54.9 Å². The van der Waals surface area contributed by atoms with Crippen LogP contribution in [0.5, 0.6) is 0 Å². The van der Waals surface area contributed by atoms with Gasteiger partial charge in [-0.05, 0) is 47.6 Å². The van der Waals surface area contributed by atoms with E-state index in [-0.39, 0.29) is 16.9 Å². The monoisotopic (exact) mass is 361 g/mol. The van der Waals surface area contributed by atoms with E-state index in [4.69, 9.17) is 11.6 Å². The van der Waals surface area contributed by atoms with E-state index in [2.05, 4.69) is 21.2 Å². The number of benzene rings is 1. The van der Waals surface area contributed by atoms with Crippen LogP contribution in [0.1, 0.15) is 28.3 Å². The Bertz CT molecular complexity index is 585. The lowest BCUT2D eigenvalue weighted by Gasteiger charge is -2.18. The van der Waals surface area contributed by atoms with Crippen molar-refractivity contribution in [1.82, 2.24) is 5.32 Å². The molecule has 102 valence electrons. The summed E-state index contributed by atoms with van der Waals surface area (Å²) in [5, 5.41) is 3.45. The minimum absolute atomic E-state index is 0.133. The van der Waals surface area contributed by atoms with Crippen LogP contribution in [0.25, 0.3) is 0 Å². The fraction of sp³-hybridized carbons (Fsp3) is 0.286. The molecular weight excluding hydrogens is 349 g/mol. The quantitative estimate of drug-likeness (QED) is 0.727. The summed E-state index contributed by atoms with van der Waals surface area (Å²) in [5.41, 5.74) is 0.580. The van der Waals surface area contributed by atoms with Gasteiger partial charge in [-0.2, -0.15) is 0 Å². The van der Waals surface area contributed by atoms with Crippen LogP contribution in [0.4, 0.5) is 4.39 Å². The summed E-state index contributed by atoms with van der Waals surface area (Å²) in [6.45, 7) is 4.81. The lowest BCUT2D eigenvalue weighted by Crippen LogP contribution is -2.22. The molecule has 1 unspecified atom stereocenters. The summed E-state index contributed by atoms with van der Waals surface area (Å²) < 4.78 is 14.9. The van der Waals surface area contributed by atoms with E-state index in [1.54, 1.807) is 23.5 Å². The third kappa shape index (κ3) is 3.19. The maximum Gasteiger partial charge on any atom is 0.148 e. The van der Waals surface area contributed by atoms with Gasteiger partial charge in [-0.25, -0.2) is 4.39 Å². The van der Waals surface area contributed by atoms with Crippen LogP contribution in [0.15, 0.2) is 28.7 Å². The van der Waals surface area contributed by atoms with Gasteiger partial charge in [-0.3, -0.25) is 0 Å². The lowest BCUT2D eigenvalue weighted by molar-refractivity contribution is 0.563. The van der Waals surface area contributed by atoms with E-state index in [1.807, 2.05) is 26.0 Å². The Labute approximate surface area is 129 Å². The van der Waals surface area contributed by atoms with Crippen molar-refractivity contribution in [1.29, 1.82) is 0 Å². The van der Waals surface area contributed by atoms with Gasteiger partial charge < -0.3 is 5.32 Å². The Morgan fingerprint density at radius 2 is 2.11 bits per heavy atom. The van der Waals surface area contributed by atoms with Crippen molar-refractivity contribution < 1.29 is 4.39 Å². The largest absolute Gasteiger partial charge is 0.306 e. The predicted octanol–water partition coefficient (Wildman–Crippen LogP) is 5.31. The number of hydrogen-bond donors (Lipinski definition) is 1. The van der Waals surface area contributed by atoms with Gasteiger partial charge in [0.25, 0.3) is 0 Å². The van der Waals surface area contributed by atoms with Crippen LogP contribution in [-0.2, 0) is 0 Å². The number of aryl methyl sites for hydroxylation is 1. The van der Waals surface area contributed by atoms with Gasteiger partial charge in [0.05, 0.1) is 11.1 Å². The van der Waals surface area contributed by atoms with Gasteiger partial charge in [-0.1, -0.05) is 24.6 Å². The molecule has 0 radical (unpaired) electrons. The van der Waals surface area contributed by atoms with Crippen molar-refractivity contribution in [2.45, 2.75) is 19.9 Å². The lowest BCUT2D eigenvalue weighted by atomic mass is 10.0. The Balaban J connectivity index is 2.48. The maximum absolute atomic E-state index is 14.3. The molecule has 1 aromatic carbocycles. The van der Waals surface area contributed by atoms with Crippen LogP contribution < -0.4 is 5.32 Å². The zero-order chi connectivity index (χ0) is 14.0. The molecule has 0 aliphatic heterocycles. The summed E-state index contributed by atoms with van der Waals surface area (Å²) in [5.74, 6) is -0.368. The number of thiophene rings is 1. The van der Waals surface area contributed by atoms with Gasteiger partial charge in [-0.15, -0.1) is 11.3 Å². The third-order valence-electron chi connectivity index (χ3n) is 2.83. The standard InChI is InChI=1S/C14H14BrClFNS/c1-3-18-14(11-7-4-8(2)19-11)9-5-6-10(15)12(16)13(9)17/h4-7,14,18H,3H2,1-2H3. The molecule has 0 spiro atoms. The van der Waals surface area contributed by atoms with E-state index in [9.17, 15) is 4.39 Å². The van der Waals surface area contributed by atoms with Gasteiger partial charge >= 0.3 is 0 Å². The molecule has 0 saturated carbocycles. The topological polar surface area (TPSA) is 12.0 Å². The molecule has 5 heteroatoms.